The summed E-state index contributed by atoms with van der Waals surface area (Å²) in [5.41, 5.74) is 1.15. The predicted molar refractivity (Wildman–Crippen MR) is 102 cm³/mol. The van der Waals surface area contributed by atoms with Crippen LogP contribution in [0.2, 0.25) is 0 Å². The summed E-state index contributed by atoms with van der Waals surface area (Å²) in [7, 11) is -3.94. The molecule has 1 N–H and O–H groups in total. The lowest BCUT2D eigenvalue weighted by molar-refractivity contribution is -0.903. The van der Waals surface area contributed by atoms with Crippen LogP contribution < -0.4 is 9.64 Å². The number of halogens is 2. The number of sulfonamides is 1. The molecule has 152 valence electrons. The first kappa shape index (κ1) is 20.7. The minimum Gasteiger partial charge on any atom is -0.493 e. The van der Waals surface area contributed by atoms with Gasteiger partial charge in [0.1, 0.15) is 22.3 Å². The molecule has 1 aliphatic heterocycles. The first-order valence-corrected chi connectivity index (χ1v) is 10.8. The highest BCUT2D eigenvalue weighted by atomic mass is 32.2. The van der Waals surface area contributed by atoms with Crippen molar-refractivity contribution in [3.8, 4) is 5.75 Å². The molecule has 0 radical (unpaired) electrons. The standard InChI is InChI=1S/C20H24F2N2O3S/c1-16-4-2-5-18(14-16)27-13-3-8-23-9-11-24(12-10-23)28(25,26)20-7-6-17(21)15-19(20)22/h2,4-7,14-15H,3,8-13H2,1H3/p+1. The van der Waals surface area contributed by atoms with Gasteiger partial charge in [-0.05, 0) is 36.8 Å². The van der Waals surface area contributed by atoms with Crippen molar-refractivity contribution in [1.82, 2.24) is 4.31 Å². The van der Waals surface area contributed by atoms with Crippen LogP contribution in [0.1, 0.15) is 12.0 Å². The Morgan fingerprint density at radius 2 is 1.86 bits per heavy atom. The zero-order valence-corrected chi connectivity index (χ0v) is 16.6. The van der Waals surface area contributed by atoms with Crippen LogP contribution in [-0.2, 0) is 10.0 Å². The number of benzene rings is 2. The van der Waals surface area contributed by atoms with Crippen LogP contribution in [0.4, 0.5) is 8.78 Å². The molecule has 5 nitrogen and oxygen atoms in total. The van der Waals surface area contributed by atoms with E-state index in [4.69, 9.17) is 4.74 Å². The number of nitrogens with one attached hydrogen (secondary N) is 1. The summed E-state index contributed by atoms with van der Waals surface area (Å²) in [5, 5.41) is 0. The third kappa shape index (κ3) is 5.06. The maximum atomic E-state index is 13.9. The lowest BCUT2D eigenvalue weighted by Gasteiger charge is -2.31. The first-order chi connectivity index (χ1) is 13.4. The van der Waals surface area contributed by atoms with E-state index in [1.54, 1.807) is 0 Å². The zero-order chi connectivity index (χ0) is 20.1. The summed E-state index contributed by atoms with van der Waals surface area (Å²) in [6.45, 7) is 5.42. The molecular weight excluding hydrogens is 386 g/mol. The molecule has 3 rings (SSSR count). The SMILES string of the molecule is Cc1cccc(OCCC[NH+]2CCN(S(=O)(=O)c3ccc(F)cc3F)CC2)c1. The maximum absolute atomic E-state index is 13.9. The van der Waals surface area contributed by atoms with E-state index in [0.717, 1.165) is 36.4 Å². The second-order valence-electron chi connectivity index (χ2n) is 7.00. The van der Waals surface area contributed by atoms with Crippen LogP contribution in [0.15, 0.2) is 47.4 Å². The molecule has 2 aromatic rings. The highest BCUT2D eigenvalue weighted by molar-refractivity contribution is 7.89. The number of rotatable bonds is 7. The van der Waals surface area contributed by atoms with Crippen LogP contribution in [0, 0.1) is 18.6 Å². The van der Waals surface area contributed by atoms with Crippen molar-refractivity contribution in [1.29, 1.82) is 0 Å². The predicted octanol–water partition coefficient (Wildman–Crippen LogP) is 1.63. The summed E-state index contributed by atoms with van der Waals surface area (Å²) >= 11 is 0. The van der Waals surface area contributed by atoms with Crippen molar-refractivity contribution in [2.45, 2.75) is 18.2 Å². The number of ether oxygens (including phenoxy) is 1. The van der Waals surface area contributed by atoms with Crippen LogP contribution in [0.5, 0.6) is 5.75 Å². The van der Waals surface area contributed by atoms with Gasteiger partial charge in [0.25, 0.3) is 0 Å². The van der Waals surface area contributed by atoms with E-state index in [2.05, 4.69) is 0 Å². The van der Waals surface area contributed by atoms with Crippen LogP contribution in [-0.4, -0.2) is 52.1 Å². The van der Waals surface area contributed by atoms with Gasteiger partial charge in [-0.25, -0.2) is 17.2 Å². The summed E-state index contributed by atoms with van der Waals surface area (Å²) < 4.78 is 59.2. The monoisotopic (exact) mass is 411 g/mol. The largest absolute Gasteiger partial charge is 0.493 e. The molecule has 0 spiro atoms. The van der Waals surface area contributed by atoms with Gasteiger partial charge in [-0.15, -0.1) is 0 Å². The fourth-order valence-electron chi connectivity index (χ4n) is 3.33. The summed E-state index contributed by atoms with van der Waals surface area (Å²) in [6, 6.07) is 10.4. The minimum absolute atomic E-state index is 0.313. The van der Waals surface area contributed by atoms with Gasteiger partial charge in [0.15, 0.2) is 0 Å². The molecule has 1 heterocycles. The summed E-state index contributed by atoms with van der Waals surface area (Å²) in [5.74, 6) is -0.992. The van der Waals surface area contributed by atoms with Gasteiger partial charge in [0, 0.05) is 12.5 Å². The average Bonchev–Trinajstić information content (AvgIpc) is 2.65. The van der Waals surface area contributed by atoms with Gasteiger partial charge < -0.3 is 9.64 Å². The number of nitrogens with zero attached hydrogens (tertiary/aromatic N) is 1. The van der Waals surface area contributed by atoms with Gasteiger partial charge in [-0.1, -0.05) is 12.1 Å². The van der Waals surface area contributed by atoms with E-state index in [0.29, 0.717) is 38.9 Å². The minimum atomic E-state index is -3.94. The molecule has 28 heavy (non-hydrogen) atoms. The van der Waals surface area contributed by atoms with Gasteiger partial charge in [-0.3, -0.25) is 0 Å². The van der Waals surface area contributed by atoms with Crippen molar-refractivity contribution in [2.75, 3.05) is 39.3 Å². The van der Waals surface area contributed by atoms with E-state index < -0.39 is 26.6 Å². The smallest absolute Gasteiger partial charge is 0.246 e. The average molecular weight is 411 g/mol. The van der Waals surface area contributed by atoms with Gasteiger partial charge in [0.05, 0.1) is 39.3 Å². The van der Waals surface area contributed by atoms with Crippen molar-refractivity contribution < 1.29 is 26.8 Å². The molecule has 2 aromatic carbocycles. The second kappa shape index (κ2) is 8.98. The van der Waals surface area contributed by atoms with Gasteiger partial charge in [0.2, 0.25) is 10.0 Å². The van der Waals surface area contributed by atoms with E-state index in [1.165, 1.54) is 9.21 Å². The molecule has 0 saturated carbocycles. The van der Waals surface area contributed by atoms with Crippen LogP contribution >= 0.6 is 0 Å². The van der Waals surface area contributed by atoms with Crippen LogP contribution in [0.3, 0.4) is 0 Å². The van der Waals surface area contributed by atoms with Gasteiger partial charge in [-0.2, -0.15) is 4.31 Å². The molecule has 0 amide bonds. The highest BCUT2D eigenvalue weighted by Crippen LogP contribution is 2.20. The Kier molecular flexibility index (Phi) is 6.64. The Morgan fingerprint density at radius 1 is 1.11 bits per heavy atom. The quantitative estimate of drug-likeness (QED) is 0.705. The Balaban J connectivity index is 1.46. The zero-order valence-electron chi connectivity index (χ0n) is 15.8. The van der Waals surface area contributed by atoms with Crippen molar-refractivity contribution >= 4 is 10.0 Å². The third-order valence-corrected chi connectivity index (χ3v) is 6.81. The number of aryl methyl sites for hydroxylation is 1. The number of quaternary nitrogens is 1. The number of hydrogen-bond donors (Lipinski definition) is 1. The Hall–Kier alpha value is -2.03. The lowest BCUT2D eigenvalue weighted by Crippen LogP contribution is -3.14. The molecule has 0 aliphatic carbocycles. The molecule has 1 saturated heterocycles. The first-order valence-electron chi connectivity index (χ1n) is 9.34. The third-order valence-electron chi connectivity index (χ3n) is 4.87. The van der Waals surface area contributed by atoms with Crippen molar-refractivity contribution in [3.63, 3.8) is 0 Å². The molecule has 0 bridgehead atoms. The summed E-state index contributed by atoms with van der Waals surface area (Å²) in [6.07, 6.45) is 0.864. The topological polar surface area (TPSA) is 51.1 Å². The molecule has 0 unspecified atom stereocenters. The number of hydrogen-bond acceptors (Lipinski definition) is 3. The molecule has 0 atom stereocenters. The Bertz CT molecular complexity index is 913. The van der Waals surface area contributed by atoms with E-state index in [1.807, 2.05) is 31.2 Å². The molecule has 1 fully saturated rings. The fourth-order valence-corrected chi connectivity index (χ4v) is 4.82. The molecule has 1 aliphatic rings. The Morgan fingerprint density at radius 3 is 2.54 bits per heavy atom. The fraction of sp³-hybridized carbons (Fsp3) is 0.400. The molecular formula is C20H25F2N2O3S+. The van der Waals surface area contributed by atoms with E-state index in [9.17, 15) is 17.2 Å². The number of piperazine rings is 1. The Labute approximate surface area is 164 Å². The normalized spacial score (nSPS) is 16.2. The van der Waals surface area contributed by atoms with Crippen molar-refractivity contribution in [2.24, 2.45) is 0 Å². The van der Waals surface area contributed by atoms with E-state index >= 15 is 0 Å². The van der Waals surface area contributed by atoms with E-state index in [-0.39, 0.29) is 0 Å². The molecule has 0 aromatic heterocycles. The highest BCUT2D eigenvalue weighted by Gasteiger charge is 2.32. The van der Waals surface area contributed by atoms with Gasteiger partial charge >= 0.3 is 0 Å². The summed E-state index contributed by atoms with van der Waals surface area (Å²) in [4.78, 5) is 0.822. The van der Waals surface area contributed by atoms with Crippen LogP contribution in [0.25, 0.3) is 0 Å². The van der Waals surface area contributed by atoms with Crippen molar-refractivity contribution in [3.05, 3.63) is 59.7 Å². The molecule has 8 heteroatoms. The second-order valence-corrected chi connectivity index (χ2v) is 8.90. The maximum Gasteiger partial charge on any atom is 0.246 e. The lowest BCUT2D eigenvalue weighted by atomic mass is 10.2.